The first kappa shape index (κ1) is 22.1. The normalized spacial score (nSPS) is 12.7. The molecule has 2 rings (SSSR count). The summed E-state index contributed by atoms with van der Waals surface area (Å²) in [5.74, 6) is -0.599. The topological polar surface area (TPSA) is 76.7 Å². The van der Waals surface area contributed by atoms with Gasteiger partial charge in [0, 0.05) is 5.69 Å². The van der Waals surface area contributed by atoms with Gasteiger partial charge in [0.05, 0.1) is 0 Å². The molecule has 29 heavy (non-hydrogen) atoms. The standard InChI is InChI=1S/C21H24F2N2O4/c1-3-14(2)18(25-21(27)28-13-15-7-5-4-6-8-15)19(26)24-16-9-11-17(12-10-16)29-20(22)23/h4-12,14,18,20H,3,13H2,1-2H3,(H,24,26)(H,25,27)/t14-,18+/m0/s1. The molecule has 0 bridgehead atoms. The summed E-state index contributed by atoms with van der Waals surface area (Å²) in [5.41, 5.74) is 1.22. The molecule has 0 heterocycles. The highest BCUT2D eigenvalue weighted by molar-refractivity contribution is 5.96. The minimum Gasteiger partial charge on any atom is -0.445 e. The Morgan fingerprint density at radius 3 is 2.28 bits per heavy atom. The molecular formula is C21H24F2N2O4. The van der Waals surface area contributed by atoms with Crippen LogP contribution >= 0.6 is 0 Å². The van der Waals surface area contributed by atoms with E-state index in [1.165, 1.54) is 24.3 Å². The molecule has 0 saturated carbocycles. The third-order valence-corrected chi connectivity index (χ3v) is 4.33. The van der Waals surface area contributed by atoms with Gasteiger partial charge < -0.3 is 20.1 Å². The van der Waals surface area contributed by atoms with E-state index in [0.717, 1.165) is 5.56 Å². The molecule has 8 heteroatoms. The summed E-state index contributed by atoms with van der Waals surface area (Å²) in [7, 11) is 0. The van der Waals surface area contributed by atoms with Gasteiger partial charge in [0.1, 0.15) is 18.4 Å². The molecule has 0 aromatic heterocycles. The van der Waals surface area contributed by atoms with Gasteiger partial charge in [-0.25, -0.2) is 4.79 Å². The third kappa shape index (κ3) is 7.40. The van der Waals surface area contributed by atoms with Crippen molar-refractivity contribution >= 4 is 17.7 Å². The predicted molar refractivity (Wildman–Crippen MR) is 105 cm³/mol. The maximum Gasteiger partial charge on any atom is 0.408 e. The Balaban J connectivity index is 1.95. The van der Waals surface area contributed by atoms with Crippen LogP contribution in [-0.2, 0) is 16.1 Å². The zero-order valence-corrected chi connectivity index (χ0v) is 16.2. The molecule has 0 aliphatic carbocycles. The number of hydrogen-bond donors (Lipinski definition) is 2. The van der Waals surface area contributed by atoms with E-state index in [0.29, 0.717) is 12.1 Å². The van der Waals surface area contributed by atoms with E-state index in [1.54, 1.807) is 0 Å². The highest BCUT2D eigenvalue weighted by Gasteiger charge is 2.26. The molecule has 0 aliphatic rings. The number of carbonyl (C=O) groups is 2. The Morgan fingerprint density at radius 2 is 1.69 bits per heavy atom. The monoisotopic (exact) mass is 406 g/mol. The summed E-state index contributed by atoms with van der Waals surface area (Å²) in [6, 6.07) is 13.9. The molecule has 2 atom stereocenters. The number of nitrogens with one attached hydrogen (secondary N) is 2. The van der Waals surface area contributed by atoms with Crippen molar-refractivity contribution in [1.82, 2.24) is 5.32 Å². The fourth-order valence-electron chi connectivity index (χ4n) is 2.53. The lowest BCUT2D eigenvalue weighted by atomic mass is 9.98. The van der Waals surface area contributed by atoms with Gasteiger partial charge >= 0.3 is 12.7 Å². The lowest BCUT2D eigenvalue weighted by Crippen LogP contribution is -2.47. The number of rotatable bonds is 9. The molecular weight excluding hydrogens is 382 g/mol. The number of alkyl halides is 2. The average Bonchev–Trinajstić information content (AvgIpc) is 2.71. The number of halogens is 2. The van der Waals surface area contributed by atoms with E-state index in [-0.39, 0.29) is 18.3 Å². The second-order valence-corrected chi connectivity index (χ2v) is 6.46. The number of alkyl carbamates (subject to hydrolysis) is 1. The van der Waals surface area contributed by atoms with E-state index in [2.05, 4.69) is 15.4 Å². The van der Waals surface area contributed by atoms with Crippen molar-refractivity contribution in [2.45, 2.75) is 39.5 Å². The van der Waals surface area contributed by atoms with E-state index < -0.39 is 24.7 Å². The maximum atomic E-state index is 12.7. The van der Waals surface area contributed by atoms with Gasteiger partial charge in [-0.05, 0) is 35.7 Å². The first-order valence-electron chi connectivity index (χ1n) is 9.22. The van der Waals surface area contributed by atoms with Crippen LogP contribution < -0.4 is 15.4 Å². The van der Waals surface area contributed by atoms with Crippen LogP contribution in [0.3, 0.4) is 0 Å². The number of carbonyl (C=O) groups excluding carboxylic acids is 2. The van der Waals surface area contributed by atoms with Crippen LogP contribution in [0.1, 0.15) is 25.8 Å². The summed E-state index contributed by atoms with van der Waals surface area (Å²) in [5, 5.41) is 5.26. The minimum absolute atomic E-state index is 0.0147. The molecule has 2 aromatic carbocycles. The van der Waals surface area contributed by atoms with Gasteiger partial charge in [0.2, 0.25) is 5.91 Å². The number of anilines is 1. The maximum absolute atomic E-state index is 12.7. The van der Waals surface area contributed by atoms with Gasteiger partial charge in [-0.1, -0.05) is 50.6 Å². The first-order chi connectivity index (χ1) is 13.9. The number of amides is 2. The van der Waals surface area contributed by atoms with Crippen molar-refractivity contribution in [3.8, 4) is 5.75 Å². The van der Waals surface area contributed by atoms with Crippen molar-refractivity contribution in [2.75, 3.05) is 5.32 Å². The number of hydrogen-bond acceptors (Lipinski definition) is 4. The van der Waals surface area contributed by atoms with Gasteiger partial charge in [0.25, 0.3) is 0 Å². The highest BCUT2D eigenvalue weighted by Crippen LogP contribution is 2.19. The minimum atomic E-state index is -2.92. The van der Waals surface area contributed by atoms with Gasteiger partial charge in [-0.2, -0.15) is 8.78 Å². The summed E-state index contributed by atoms with van der Waals surface area (Å²) < 4.78 is 33.9. The molecule has 2 aromatic rings. The second kappa shape index (κ2) is 11.0. The predicted octanol–water partition coefficient (Wildman–Crippen LogP) is 4.57. The van der Waals surface area contributed by atoms with E-state index in [9.17, 15) is 18.4 Å². The zero-order chi connectivity index (χ0) is 21.2. The Kier molecular flexibility index (Phi) is 8.39. The lowest BCUT2D eigenvalue weighted by molar-refractivity contribution is -0.119. The Labute approximate surface area is 168 Å². The number of benzene rings is 2. The van der Waals surface area contributed by atoms with Crippen molar-refractivity contribution in [3.63, 3.8) is 0 Å². The van der Waals surface area contributed by atoms with Gasteiger partial charge in [-0.3, -0.25) is 4.79 Å². The molecule has 0 radical (unpaired) electrons. The van der Waals surface area contributed by atoms with Crippen molar-refractivity contribution < 1.29 is 27.8 Å². The first-order valence-corrected chi connectivity index (χ1v) is 9.22. The second-order valence-electron chi connectivity index (χ2n) is 6.46. The third-order valence-electron chi connectivity index (χ3n) is 4.33. The van der Waals surface area contributed by atoms with Crippen LogP contribution in [0.2, 0.25) is 0 Å². The van der Waals surface area contributed by atoms with E-state index >= 15 is 0 Å². The average molecular weight is 406 g/mol. The van der Waals surface area contributed by atoms with Crippen LogP contribution in [0.5, 0.6) is 5.75 Å². The Morgan fingerprint density at radius 1 is 1.03 bits per heavy atom. The van der Waals surface area contributed by atoms with Gasteiger partial charge in [-0.15, -0.1) is 0 Å². The summed E-state index contributed by atoms with van der Waals surface area (Å²) in [4.78, 5) is 24.8. The van der Waals surface area contributed by atoms with Crippen LogP contribution in [-0.4, -0.2) is 24.7 Å². The van der Waals surface area contributed by atoms with Crippen LogP contribution in [0.25, 0.3) is 0 Å². The largest absolute Gasteiger partial charge is 0.445 e. The summed E-state index contributed by atoms with van der Waals surface area (Å²) >= 11 is 0. The number of ether oxygens (including phenoxy) is 2. The van der Waals surface area contributed by atoms with Crippen molar-refractivity contribution in [1.29, 1.82) is 0 Å². The van der Waals surface area contributed by atoms with Crippen LogP contribution in [0.15, 0.2) is 54.6 Å². The Hall–Kier alpha value is -3.16. The molecule has 0 saturated heterocycles. The Bertz CT molecular complexity index is 785. The molecule has 156 valence electrons. The molecule has 2 amide bonds. The molecule has 0 unspecified atom stereocenters. The van der Waals surface area contributed by atoms with E-state index in [1.807, 2.05) is 44.2 Å². The molecule has 6 nitrogen and oxygen atoms in total. The summed E-state index contributed by atoms with van der Waals surface area (Å²) in [6.45, 7) is 0.906. The highest BCUT2D eigenvalue weighted by atomic mass is 19.3. The molecule has 2 N–H and O–H groups in total. The fourth-order valence-corrected chi connectivity index (χ4v) is 2.53. The van der Waals surface area contributed by atoms with E-state index in [4.69, 9.17) is 4.74 Å². The van der Waals surface area contributed by atoms with Crippen molar-refractivity contribution in [3.05, 3.63) is 60.2 Å². The zero-order valence-electron chi connectivity index (χ0n) is 16.2. The quantitative estimate of drug-likeness (QED) is 0.640. The SMILES string of the molecule is CC[C@H](C)[C@@H](NC(=O)OCc1ccccc1)C(=O)Nc1ccc(OC(F)F)cc1. The molecule has 0 fully saturated rings. The summed E-state index contributed by atoms with van der Waals surface area (Å²) in [6.07, 6.45) is -0.0481. The van der Waals surface area contributed by atoms with Crippen molar-refractivity contribution in [2.24, 2.45) is 5.92 Å². The lowest BCUT2D eigenvalue weighted by Gasteiger charge is -2.23. The smallest absolute Gasteiger partial charge is 0.408 e. The van der Waals surface area contributed by atoms with Crippen LogP contribution in [0, 0.1) is 5.92 Å². The molecule has 0 aliphatic heterocycles. The van der Waals surface area contributed by atoms with Gasteiger partial charge in [0.15, 0.2) is 0 Å². The van der Waals surface area contributed by atoms with Crippen LogP contribution in [0.4, 0.5) is 19.3 Å². The molecule has 0 spiro atoms. The fraction of sp³-hybridized carbons (Fsp3) is 0.333.